The normalized spacial score (nSPS) is 23.5. The maximum atomic E-state index is 13.1. The zero-order valence-corrected chi connectivity index (χ0v) is 18.7. The molecule has 2 heterocycles. The Morgan fingerprint density at radius 2 is 1.97 bits per heavy atom. The van der Waals surface area contributed by atoms with Crippen molar-refractivity contribution in [3.8, 4) is 11.5 Å². The quantitative estimate of drug-likeness (QED) is 0.565. The van der Waals surface area contributed by atoms with Gasteiger partial charge in [0.2, 0.25) is 0 Å². The fraction of sp³-hybridized carbons (Fsp3) is 0.500. The molecular formula is C22H28N4O3S. The van der Waals surface area contributed by atoms with Crippen LogP contribution in [0, 0.1) is 5.41 Å². The highest BCUT2D eigenvalue weighted by Gasteiger charge is 2.44. The summed E-state index contributed by atoms with van der Waals surface area (Å²) in [6.07, 6.45) is 2.83. The second kappa shape index (κ2) is 7.58. The fourth-order valence-corrected chi connectivity index (χ4v) is 4.99. The number of nitrogens with one attached hydrogen (secondary N) is 1. The third-order valence-electron chi connectivity index (χ3n) is 6.18. The molecule has 1 aromatic carbocycles. The summed E-state index contributed by atoms with van der Waals surface area (Å²) in [7, 11) is 3.30. The van der Waals surface area contributed by atoms with Crippen LogP contribution in [0.15, 0.2) is 28.5 Å². The fourth-order valence-electron chi connectivity index (χ4n) is 4.94. The number of carbonyl (C=O) groups is 1. The predicted molar refractivity (Wildman–Crippen MR) is 120 cm³/mol. The molecule has 3 N–H and O–H groups in total. The molecule has 0 spiro atoms. The molecule has 0 fully saturated rings. The van der Waals surface area contributed by atoms with Crippen molar-refractivity contribution in [1.82, 2.24) is 10.3 Å². The monoisotopic (exact) mass is 428 g/mol. The molecule has 30 heavy (non-hydrogen) atoms. The van der Waals surface area contributed by atoms with Crippen molar-refractivity contribution < 1.29 is 14.3 Å². The van der Waals surface area contributed by atoms with E-state index in [1.54, 1.807) is 14.2 Å². The van der Waals surface area contributed by atoms with Gasteiger partial charge in [-0.2, -0.15) is 5.10 Å². The number of ether oxygens (including phenoxy) is 2. The maximum absolute atomic E-state index is 13.1. The van der Waals surface area contributed by atoms with Crippen LogP contribution in [0.5, 0.6) is 11.5 Å². The van der Waals surface area contributed by atoms with Gasteiger partial charge in [-0.15, -0.1) is 0 Å². The van der Waals surface area contributed by atoms with Crippen molar-refractivity contribution in [3.63, 3.8) is 0 Å². The lowest BCUT2D eigenvalue weighted by Crippen LogP contribution is -2.46. The van der Waals surface area contributed by atoms with Gasteiger partial charge in [-0.05, 0) is 53.7 Å². The molecule has 0 amide bonds. The summed E-state index contributed by atoms with van der Waals surface area (Å²) in [6.45, 7) is 5.15. The Bertz CT molecular complexity index is 983. The van der Waals surface area contributed by atoms with Crippen LogP contribution in [-0.2, 0) is 11.2 Å². The van der Waals surface area contributed by atoms with Crippen molar-refractivity contribution in [2.75, 3.05) is 20.8 Å². The number of nitrogens with two attached hydrogens (primary N) is 1. The summed E-state index contributed by atoms with van der Waals surface area (Å²) in [5, 5.41) is 4.53. The summed E-state index contributed by atoms with van der Waals surface area (Å²) in [5.41, 5.74) is 13.2. The van der Waals surface area contributed by atoms with Crippen molar-refractivity contribution >= 4 is 28.8 Å². The number of thiocarbonyl (C=S) groups is 1. The van der Waals surface area contributed by atoms with Crippen LogP contribution in [0.1, 0.15) is 50.3 Å². The first-order valence-corrected chi connectivity index (χ1v) is 10.5. The van der Waals surface area contributed by atoms with Crippen molar-refractivity contribution in [3.05, 3.63) is 34.5 Å². The first-order chi connectivity index (χ1) is 14.2. The number of Topliss-reactive ketones (excluding diaryl/α,β-unsaturated/α-hetero) is 1. The lowest BCUT2D eigenvalue weighted by Gasteiger charge is -2.48. The van der Waals surface area contributed by atoms with Crippen molar-refractivity contribution in [2.24, 2.45) is 16.3 Å². The second-order valence-electron chi connectivity index (χ2n) is 8.87. The number of hydrazone groups is 1. The first kappa shape index (κ1) is 20.7. The zero-order valence-electron chi connectivity index (χ0n) is 17.9. The number of allylic oxidation sites excluding steroid dienone is 2. The number of nitrogens with zero attached hydrogens (tertiary/aromatic N) is 2. The number of rotatable bonds is 3. The number of ketones is 1. The van der Waals surface area contributed by atoms with E-state index in [1.807, 2.05) is 0 Å². The van der Waals surface area contributed by atoms with Gasteiger partial charge >= 0.3 is 0 Å². The van der Waals surface area contributed by atoms with E-state index < -0.39 is 0 Å². The molecule has 8 heteroatoms. The summed E-state index contributed by atoms with van der Waals surface area (Å²) >= 11 is 4.93. The molecule has 160 valence electrons. The number of hydrogen-bond acceptors (Lipinski definition) is 6. The van der Waals surface area contributed by atoms with Gasteiger partial charge in [0, 0.05) is 25.1 Å². The van der Waals surface area contributed by atoms with Crippen molar-refractivity contribution in [2.45, 2.75) is 45.6 Å². The van der Waals surface area contributed by atoms with Gasteiger partial charge in [0.05, 0.1) is 31.5 Å². The van der Waals surface area contributed by atoms with Crippen LogP contribution < -0.4 is 20.6 Å². The third kappa shape index (κ3) is 3.53. The van der Waals surface area contributed by atoms with Gasteiger partial charge in [0.25, 0.3) is 0 Å². The van der Waals surface area contributed by atoms with Gasteiger partial charge < -0.3 is 20.1 Å². The Labute approximate surface area is 182 Å². The third-order valence-corrected chi connectivity index (χ3v) is 6.27. The van der Waals surface area contributed by atoms with Crippen LogP contribution in [0.2, 0.25) is 0 Å². The van der Waals surface area contributed by atoms with Gasteiger partial charge in [-0.3, -0.25) is 10.2 Å². The molecule has 0 saturated heterocycles. The van der Waals surface area contributed by atoms with Crippen LogP contribution >= 0.6 is 12.2 Å². The second-order valence-corrected chi connectivity index (χ2v) is 9.31. The summed E-state index contributed by atoms with van der Waals surface area (Å²) < 4.78 is 11.1. The van der Waals surface area contributed by atoms with Crippen molar-refractivity contribution in [1.29, 1.82) is 0 Å². The highest BCUT2D eigenvalue weighted by Crippen LogP contribution is 2.49. The number of hydrogen-bond donors (Lipinski definition) is 2. The molecule has 1 atom stereocenters. The van der Waals surface area contributed by atoms with E-state index in [0.717, 1.165) is 42.1 Å². The molecule has 1 aromatic rings. The minimum absolute atomic E-state index is 0.0703. The van der Waals surface area contributed by atoms with E-state index >= 15 is 0 Å². The Morgan fingerprint density at radius 1 is 1.27 bits per heavy atom. The Hall–Kier alpha value is -2.61. The predicted octanol–water partition coefficient (Wildman–Crippen LogP) is 2.84. The Morgan fingerprint density at radius 3 is 2.63 bits per heavy atom. The van der Waals surface area contributed by atoms with Crippen LogP contribution in [-0.4, -0.2) is 42.3 Å². The molecule has 0 bridgehead atoms. The molecule has 0 unspecified atom stereocenters. The van der Waals surface area contributed by atoms with E-state index in [0.29, 0.717) is 18.6 Å². The lowest BCUT2D eigenvalue weighted by molar-refractivity contribution is -0.118. The van der Waals surface area contributed by atoms with Gasteiger partial charge in [-0.1, -0.05) is 13.8 Å². The molecule has 0 radical (unpaired) electrons. The first-order valence-electron chi connectivity index (χ1n) is 10.1. The molecule has 7 nitrogen and oxygen atoms in total. The van der Waals surface area contributed by atoms with E-state index in [4.69, 9.17) is 27.4 Å². The molecule has 2 aliphatic heterocycles. The van der Waals surface area contributed by atoms with Gasteiger partial charge in [0.1, 0.15) is 0 Å². The van der Waals surface area contributed by atoms with Gasteiger partial charge in [-0.25, -0.2) is 0 Å². The highest BCUT2D eigenvalue weighted by molar-refractivity contribution is 7.80. The van der Waals surface area contributed by atoms with E-state index in [1.165, 1.54) is 11.1 Å². The molecular weight excluding hydrogens is 400 g/mol. The minimum Gasteiger partial charge on any atom is -0.493 e. The molecule has 3 aliphatic rings. The van der Waals surface area contributed by atoms with Crippen LogP contribution in [0.3, 0.4) is 0 Å². The topological polar surface area (TPSA) is 89.2 Å². The summed E-state index contributed by atoms with van der Waals surface area (Å²) in [4.78, 5) is 15.5. The molecule has 0 aromatic heterocycles. The lowest BCUT2D eigenvalue weighted by atomic mass is 9.71. The SMILES string of the molecule is COc1cc2c(cc1OC)[C@H]1CC(=NNC(N)=S)C3=C(CC(C)(C)CC3=O)N1CC2. The average molecular weight is 429 g/mol. The summed E-state index contributed by atoms with van der Waals surface area (Å²) in [5.74, 6) is 1.58. The largest absolute Gasteiger partial charge is 0.493 e. The van der Waals surface area contributed by atoms with E-state index in [9.17, 15) is 4.79 Å². The Balaban J connectivity index is 1.85. The molecule has 1 aliphatic carbocycles. The highest BCUT2D eigenvalue weighted by atomic mass is 32.1. The molecule has 0 saturated carbocycles. The number of carbonyl (C=O) groups excluding carboxylic acids is 1. The zero-order chi connectivity index (χ0) is 21.6. The smallest absolute Gasteiger partial charge is 0.184 e. The van der Waals surface area contributed by atoms with Crippen LogP contribution in [0.4, 0.5) is 0 Å². The average Bonchev–Trinajstić information content (AvgIpc) is 2.69. The van der Waals surface area contributed by atoms with Crippen LogP contribution in [0.25, 0.3) is 0 Å². The summed E-state index contributed by atoms with van der Waals surface area (Å²) in [6, 6.07) is 4.20. The maximum Gasteiger partial charge on any atom is 0.184 e. The minimum atomic E-state index is -0.0859. The molecule has 4 rings (SSSR count). The number of fused-ring (bicyclic) bond motifs is 4. The Kier molecular flexibility index (Phi) is 5.22. The number of methoxy groups -OCH3 is 2. The number of benzene rings is 1. The van der Waals surface area contributed by atoms with Gasteiger partial charge in [0.15, 0.2) is 22.4 Å². The standard InChI is InChI=1S/C22H28N4O3S/c1-22(2)10-16-20(17(27)11-22)14(24-25-21(23)30)9-15-13-8-19(29-4)18(28-3)7-12(13)5-6-26(15)16/h7-8,15H,5-6,9-11H2,1-4H3,(H3,23,25,30)/t15-/m1/s1. The van der Waals surface area contributed by atoms with E-state index in [2.05, 4.69) is 41.4 Å². The van der Waals surface area contributed by atoms with E-state index in [-0.39, 0.29) is 22.4 Å².